The Morgan fingerprint density at radius 2 is 1.78 bits per heavy atom. The molecule has 0 spiro atoms. The molecule has 190 valence electrons. The minimum atomic E-state index is -4.56. The number of likely N-dealkylation sites (tertiary alicyclic amines) is 1. The van der Waals surface area contributed by atoms with Crippen LogP contribution >= 0.6 is 11.3 Å². The van der Waals surface area contributed by atoms with Gasteiger partial charge in [-0.15, -0.1) is 11.3 Å². The fourth-order valence-electron chi connectivity index (χ4n) is 4.14. The number of piperidine rings is 1. The molecule has 2 aromatic heterocycles. The Morgan fingerprint density at radius 1 is 1.03 bits per heavy atom. The second-order valence-corrected chi connectivity index (χ2v) is 9.72. The fourth-order valence-corrected chi connectivity index (χ4v) is 5.19. The third kappa shape index (κ3) is 5.47. The van der Waals surface area contributed by atoms with Gasteiger partial charge in [-0.1, -0.05) is 30.3 Å². The molecule has 0 radical (unpaired) electrons. The number of nitrogens with one attached hydrogen (secondary N) is 1. The molecule has 2 N–H and O–H groups in total. The summed E-state index contributed by atoms with van der Waals surface area (Å²) < 4.78 is 38.9. The highest BCUT2D eigenvalue weighted by molar-refractivity contribution is 7.15. The van der Waals surface area contributed by atoms with Gasteiger partial charge in [-0.3, -0.25) is 4.79 Å². The van der Waals surface area contributed by atoms with E-state index in [2.05, 4.69) is 20.3 Å². The first-order valence-electron chi connectivity index (χ1n) is 11.5. The molecule has 7 nitrogen and oxygen atoms in total. The molecule has 1 amide bonds. The van der Waals surface area contributed by atoms with E-state index in [0.29, 0.717) is 42.2 Å². The minimum Gasteiger partial charge on any atom is -0.383 e. The number of aliphatic hydroxyl groups is 1. The van der Waals surface area contributed by atoms with Crippen LogP contribution in [0.3, 0.4) is 0 Å². The van der Waals surface area contributed by atoms with Gasteiger partial charge in [0.1, 0.15) is 16.3 Å². The summed E-state index contributed by atoms with van der Waals surface area (Å²) in [4.78, 5) is 27.1. The van der Waals surface area contributed by atoms with E-state index < -0.39 is 17.5 Å². The van der Waals surface area contributed by atoms with Crippen LogP contribution in [0.25, 0.3) is 10.4 Å². The van der Waals surface area contributed by atoms with Gasteiger partial charge < -0.3 is 15.3 Å². The number of nitrogens with zero attached hydrogens (tertiary/aromatic N) is 4. The lowest BCUT2D eigenvalue weighted by molar-refractivity contribution is -0.141. The van der Waals surface area contributed by atoms with Crippen LogP contribution in [0.4, 0.5) is 24.8 Å². The summed E-state index contributed by atoms with van der Waals surface area (Å²) in [5, 5.41) is 14.7. The maximum atomic E-state index is 13.0. The average Bonchev–Trinajstić information content (AvgIpc) is 3.41. The monoisotopic (exact) mass is 525 g/mol. The second-order valence-electron chi connectivity index (χ2n) is 8.69. The van der Waals surface area contributed by atoms with Crippen molar-refractivity contribution in [3.05, 3.63) is 89.3 Å². The summed E-state index contributed by atoms with van der Waals surface area (Å²) in [6.07, 6.45) is -1.11. The SMILES string of the molecule is O=C(c1ccccc1)N1CCC(O)(c2ncc(-c3cccc(Nc4nccc(C(F)(F)F)n4)c3)s2)CC1. The number of hydrogen-bond acceptors (Lipinski definition) is 7. The van der Waals surface area contributed by atoms with Crippen molar-refractivity contribution in [1.29, 1.82) is 0 Å². The molecule has 0 saturated carbocycles. The summed E-state index contributed by atoms with van der Waals surface area (Å²) in [5.41, 5.74) is -0.260. The first kappa shape index (κ1) is 24.8. The van der Waals surface area contributed by atoms with Crippen LogP contribution in [0.5, 0.6) is 0 Å². The first-order chi connectivity index (χ1) is 17.7. The molecule has 3 heterocycles. The highest BCUT2D eigenvalue weighted by Gasteiger charge is 2.38. The Kier molecular flexibility index (Phi) is 6.65. The number of benzene rings is 2. The zero-order valence-electron chi connectivity index (χ0n) is 19.4. The molecular formula is C26H22F3N5O2S. The molecule has 5 rings (SSSR count). The maximum Gasteiger partial charge on any atom is 0.433 e. The van der Waals surface area contributed by atoms with Crippen molar-refractivity contribution in [2.75, 3.05) is 18.4 Å². The Labute approximate surface area is 214 Å². The van der Waals surface area contributed by atoms with Crippen LogP contribution in [0.1, 0.15) is 33.9 Å². The van der Waals surface area contributed by atoms with Crippen molar-refractivity contribution in [1.82, 2.24) is 19.9 Å². The molecule has 0 bridgehead atoms. The summed E-state index contributed by atoms with van der Waals surface area (Å²) in [6, 6.07) is 16.9. The number of hydrogen-bond donors (Lipinski definition) is 2. The van der Waals surface area contributed by atoms with E-state index in [-0.39, 0.29) is 11.9 Å². The lowest BCUT2D eigenvalue weighted by Gasteiger charge is -2.37. The first-order valence-corrected chi connectivity index (χ1v) is 12.3. The number of rotatable bonds is 5. The zero-order valence-corrected chi connectivity index (χ0v) is 20.3. The molecule has 1 aliphatic heterocycles. The molecule has 11 heteroatoms. The average molecular weight is 526 g/mol. The number of carbonyl (C=O) groups is 1. The summed E-state index contributed by atoms with van der Waals surface area (Å²) in [5.74, 6) is -0.223. The standard InChI is InChI=1S/C26H22F3N5O2S/c27-26(28,29)21-9-12-30-24(33-21)32-19-8-4-7-18(15-19)20-16-31-23(37-20)25(36)10-13-34(14-11-25)22(35)17-5-2-1-3-6-17/h1-9,12,15-16,36H,10-11,13-14H2,(H,30,32,33). The molecule has 1 saturated heterocycles. The second kappa shape index (κ2) is 9.91. The lowest BCUT2D eigenvalue weighted by Crippen LogP contribution is -2.45. The Bertz CT molecular complexity index is 1400. The van der Waals surface area contributed by atoms with Gasteiger partial charge in [-0.05, 0) is 35.9 Å². The topological polar surface area (TPSA) is 91.2 Å². The van der Waals surface area contributed by atoms with Crippen molar-refractivity contribution in [3.63, 3.8) is 0 Å². The predicted octanol–water partition coefficient (Wildman–Crippen LogP) is 5.49. The van der Waals surface area contributed by atoms with Gasteiger partial charge in [0.2, 0.25) is 5.95 Å². The quantitative estimate of drug-likeness (QED) is 0.358. The van der Waals surface area contributed by atoms with Crippen molar-refractivity contribution in [2.24, 2.45) is 0 Å². The predicted molar refractivity (Wildman–Crippen MR) is 133 cm³/mol. The van der Waals surface area contributed by atoms with Gasteiger partial charge in [0.15, 0.2) is 0 Å². The van der Waals surface area contributed by atoms with Crippen molar-refractivity contribution < 1.29 is 23.1 Å². The van der Waals surface area contributed by atoms with E-state index in [0.717, 1.165) is 22.7 Å². The minimum absolute atomic E-state index is 0.0588. The molecular weight excluding hydrogens is 503 g/mol. The highest BCUT2D eigenvalue weighted by Crippen LogP contribution is 2.39. The molecule has 37 heavy (non-hydrogen) atoms. The molecule has 1 fully saturated rings. The zero-order chi connectivity index (χ0) is 26.0. The van der Waals surface area contributed by atoms with Gasteiger partial charge in [-0.2, -0.15) is 13.2 Å². The van der Waals surface area contributed by atoms with Gasteiger partial charge in [0.05, 0.1) is 4.88 Å². The number of amides is 1. The van der Waals surface area contributed by atoms with Gasteiger partial charge in [0, 0.05) is 49.6 Å². The van der Waals surface area contributed by atoms with Gasteiger partial charge in [-0.25, -0.2) is 15.0 Å². The number of carbonyl (C=O) groups excluding carboxylic acids is 1. The maximum absolute atomic E-state index is 13.0. The number of thiazole rings is 1. The summed E-state index contributed by atoms with van der Waals surface area (Å²) in [6.45, 7) is 0.824. The van der Waals surface area contributed by atoms with E-state index >= 15 is 0 Å². The summed E-state index contributed by atoms with van der Waals surface area (Å²) in [7, 11) is 0. The van der Waals surface area contributed by atoms with Crippen molar-refractivity contribution in [3.8, 4) is 10.4 Å². The van der Waals surface area contributed by atoms with Crippen LogP contribution in [0.2, 0.25) is 0 Å². The van der Waals surface area contributed by atoms with Crippen LogP contribution < -0.4 is 5.32 Å². The molecule has 0 aliphatic carbocycles. The third-order valence-electron chi connectivity index (χ3n) is 6.15. The van der Waals surface area contributed by atoms with Crippen LogP contribution in [-0.4, -0.2) is 44.0 Å². The smallest absolute Gasteiger partial charge is 0.383 e. The molecule has 1 aliphatic rings. The Balaban J connectivity index is 1.28. The number of halogens is 3. The molecule has 0 atom stereocenters. The lowest BCUT2D eigenvalue weighted by atomic mass is 9.92. The van der Waals surface area contributed by atoms with Crippen molar-refractivity contribution >= 4 is 28.9 Å². The fraction of sp³-hybridized carbons (Fsp3) is 0.231. The van der Waals surface area contributed by atoms with E-state index in [1.807, 2.05) is 24.3 Å². The number of alkyl halides is 3. The van der Waals surface area contributed by atoms with E-state index in [4.69, 9.17) is 0 Å². The molecule has 2 aromatic carbocycles. The van der Waals surface area contributed by atoms with Crippen LogP contribution in [-0.2, 0) is 11.8 Å². The largest absolute Gasteiger partial charge is 0.433 e. The van der Waals surface area contributed by atoms with Crippen LogP contribution in [0.15, 0.2) is 73.1 Å². The third-order valence-corrected chi connectivity index (χ3v) is 7.39. The van der Waals surface area contributed by atoms with E-state index in [1.165, 1.54) is 11.3 Å². The Morgan fingerprint density at radius 3 is 2.51 bits per heavy atom. The number of anilines is 2. The van der Waals surface area contributed by atoms with E-state index in [9.17, 15) is 23.1 Å². The molecule has 0 unspecified atom stereocenters. The van der Waals surface area contributed by atoms with Crippen LogP contribution in [0, 0.1) is 0 Å². The number of aromatic nitrogens is 3. The Hall–Kier alpha value is -3.83. The van der Waals surface area contributed by atoms with Gasteiger partial charge in [0.25, 0.3) is 5.91 Å². The van der Waals surface area contributed by atoms with E-state index in [1.54, 1.807) is 41.4 Å². The van der Waals surface area contributed by atoms with Crippen molar-refractivity contribution in [2.45, 2.75) is 24.6 Å². The normalized spacial score (nSPS) is 15.4. The molecule has 4 aromatic rings. The summed E-state index contributed by atoms with van der Waals surface area (Å²) >= 11 is 1.35. The highest BCUT2D eigenvalue weighted by atomic mass is 32.1. The van der Waals surface area contributed by atoms with Gasteiger partial charge >= 0.3 is 6.18 Å².